The average molecular weight is 188 g/mol. The Labute approximate surface area is 84.6 Å². The molecule has 0 saturated carbocycles. The molecule has 0 aromatic heterocycles. The summed E-state index contributed by atoms with van der Waals surface area (Å²) >= 11 is 0. The summed E-state index contributed by atoms with van der Waals surface area (Å²) in [5.74, 6) is 0.922. The molecule has 0 spiro atoms. The molecule has 0 fully saturated rings. The molecule has 1 radical (unpaired) electrons. The summed E-state index contributed by atoms with van der Waals surface area (Å²) in [6, 6.07) is 8.20. The maximum atomic E-state index is 5.20. The summed E-state index contributed by atoms with van der Waals surface area (Å²) in [6.07, 6.45) is 3.24. The minimum Gasteiger partial charge on any atom is -0.497 e. The molecular weight excluding hydrogens is 174 g/mol. The Kier molecular flexibility index (Phi) is 2.84. The molecule has 0 amide bonds. The first-order valence-corrected chi connectivity index (χ1v) is 4.87. The van der Waals surface area contributed by atoms with E-state index in [2.05, 4.69) is 23.5 Å². The summed E-state index contributed by atoms with van der Waals surface area (Å²) in [5, 5.41) is 4.29. The third-order valence-electron chi connectivity index (χ3n) is 2.45. The number of rotatable bonds is 2. The van der Waals surface area contributed by atoms with Crippen molar-refractivity contribution in [1.29, 1.82) is 0 Å². The first kappa shape index (κ1) is 9.28. The van der Waals surface area contributed by atoms with Crippen LogP contribution in [0, 0.1) is 0 Å². The van der Waals surface area contributed by atoms with Gasteiger partial charge in [-0.15, -0.1) is 0 Å². The molecule has 0 bridgehead atoms. The van der Waals surface area contributed by atoms with E-state index in [1.807, 2.05) is 12.1 Å². The van der Waals surface area contributed by atoms with E-state index in [-0.39, 0.29) is 0 Å². The largest absolute Gasteiger partial charge is 0.497 e. The Morgan fingerprint density at radius 3 is 3.00 bits per heavy atom. The lowest BCUT2D eigenvalue weighted by atomic mass is 10.0. The lowest BCUT2D eigenvalue weighted by molar-refractivity contribution is 0.414. The van der Waals surface area contributed by atoms with E-state index >= 15 is 0 Å². The van der Waals surface area contributed by atoms with Crippen LogP contribution >= 0.6 is 0 Å². The molecule has 0 atom stereocenters. The van der Waals surface area contributed by atoms with Crippen LogP contribution in [0.15, 0.2) is 30.3 Å². The van der Waals surface area contributed by atoms with E-state index in [9.17, 15) is 0 Å². The van der Waals surface area contributed by atoms with Crippen LogP contribution in [0.5, 0.6) is 5.75 Å². The predicted octanol–water partition coefficient (Wildman–Crippen LogP) is 2.09. The molecule has 1 aromatic carbocycles. The zero-order chi connectivity index (χ0) is 9.80. The zero-order valence-corrected chi connectivity index (χ0v) is 8.36. The van der Waals surface area contributed by atoms with Crippen molar-refractivity contribution in [1.82, 2.24) is 5.32 Å². The molecule has 0 N–H and O–H groups in total. The van der Waals surface area contributed by atoms with E-state index < -0.39 is 0 Å². The van der Waals surface area contributed by atoms with Crippen LogP contribution in [0.25, 0.3) is 5.57 Å². The molecule has 14 heavy (non-hydrogen) atoms. The lowest BCUT2D eigenvalue weighted by Gasteiger charge is -2.13. The van der Waals surface area contributed by atoms with Gasteiger partial charge in [-0.1, -0.05) is 18.2 Å². The second-order valence-corrected chi connectivity index (χ2v) is 3.34. The maximum Gasteiger partial charge on any atom is 0.119 e. The van der Waals surface area contributed by atoms with Crippen molar-refractivity contribution >= 4 is 5.57 Å². The highest BCUT2D eigenvalue weighted by Crippen LogP contribution is 2.23. The molecule has 1 aliphatic heterocycles. The molecule has 0 saturated heterocycles. The van der Waals surface area contributed by atoms with Crippen molar-refractivity contribution in [3.63, 3.8) is 0 Å². The molecule has 0 aliphatic carbocycles. The van der Waals surface area contributed by atoms with Crippen molar-refractivity contribution < 1.29 is 4.74 Å². The van der Waals surface area contributed by atoms with Gasteiger partial charge in [-0.05, 0) is 29.7 Å². The van der Waals surface area contributed by atoms with Crippen LogP contribution in [-0.2, 0) is 0 Å². The van der Waals surface area contributed by atoms with E-state index in [4.69, 9.17) is 4.74 Å². The number of ether oxygens (including phenoxy) is 1. The van der Waals surface area contributed by atoms with Crippen LogP contribution < -0.4 is 10.1 Å². The summed E-state index contributed by atoms with van der Waals surface area (Å²) < 4.78 is 5.20. The van der Waals surface area contributed by atoms with E-state index in [1.54, 1.807) is 7.11 Å². The van der Waals surface area contributed by atoms with Gasteiger partial charge in [0.05, 0.1) is 7.11 Å². The van der Waals surface area contributed by atoms with Crippen molar-refractivity contribution in [3.8, 4) is 5.75 Å². The highest BCUT2D eigenvalue weighted by Gasteiger charge is 2.06. The molecule has 2 heteroatoms. The lowest BCUT2D eigenvalue weighted by Crippen LogP contribution is -2.12. The fourth-order valence-corrected chi connectivity index (χ4v) is 1.65. The quantitative estimate of drug-likeness (QED) is 0.697. The SMILES string of the molecule is COc1cccc(C2=CC[N]CC2)c1. The van der Waals surface area contributed by atoms with Crippen LogP contribution in [0.3, 0.4) is 0 Å². The monoisotopic (exact) mass is 188 g/mol. The predicted molar refractivity (Wildman–Crippen MR) is 57.5 cm³/mol. The highest BCUT2D eigenvalue weighted by molar-refractivity contribution is 5.67. The topological polar surface area (TPSA) is 23.3 Å². The van der Waals surface area contributed by atoms with Crippen LogP contribution in [-0.4, -0.2) is 20.2 Å². The molecule has 1 aromatic rings. The molecule has 73 valence electrons. The van der Waals surface area contributed by atoms with Gasteiger partial charge in [0.1, 0.15) is 5.75 Å². The van der Waals surface area contributed by atoms with Crippen molar-refractivity contribution in [2.45, 2.75) is 6.42 Å². The smallest absolute Gasteiger partial charge is 0.119 e. The van der Waals surface area contributed by atoms with Gasteiger partial charge in [0.25, 0.3) is 0 Å². The number of nitrogens with zero attached hydrogens (tertiary/aromatic N) is 1. The number of hydrogen-bond acceptors (Lipinski definition) is 1. The number of benzene rings is 1. The molecular formula is C12H14NO. The summed E-state index contributed by atoms with van der Waals surface area (Å²) in [5.41, 5.74) is 2.65. The Hall–Kier alpha value is -1.28. The minimum atomic E-state index is 0.854. The van der Waals surface area contributed by atoms with Crippen molar-refractivity contribution in [3.05, 3.63) is 35.9 Å². The van der Waals surface area contributed by atoms with E-state index in [0.717, 1.165) is 25.3 Å². The molecule has 1 heterocycles. The minimum absolute atomic E-state index is 0.854. The second-order valence-electron chi connectivity index (χ2n) is 3.34. The van der Waals surface area contributed by atoms with Crippen LogP contribution in [0.2, 0.25) is 0 Å². The van der Waals surface area contributed by atoms with Gasteiger partial charge in [-0.25, -0.2) is 5.32 Å². The van der Waals surface area contributed by atoms with Gasteiger partial charge < -0.3 is 4.74 Å². The number of hydrogen-bond donors (Lipinski definition) is 0. The van der Waals surface area contributed by atoms with Gasteiger partial charge in [0.2, 0.25) is 0 Å². The van der Waals surface area contributed by atoms with Crippen molar-refractivity contribution in [2.24, 2.45) is 0 Å². The average Bonchev–Trinajstić information content (AvgIpc) is 2.30. The van der Waals surface area contributed by atoms with Crippen LogP contribution in [0.4, 0.5) is 0 Å². The normalized spacial score (nSPS) is 16.2. The Balaban J connectivity index is 2.26. The van der Waals surface area contributed by atoms with Gasteiger partial charge in [0, 0.05) is 13.1 Å². The third-order valence-corrected chi connectivity index (χ3v) is 2.45. The Morgan fingerprint density at radius 2 is 2.29 bits per heavy atom. The Morgan fingerprint density at radius 1 is 1.36 bits per heavy atom. The van der Waals surface area contributed by atoms with Gasteiger partial charge >= 0.3 is 0 Å². The zero-order valence-electron chi connectivity index (χ0n) is 8.36. The number of methoxy groups -OCH3 is 1. The third kappa shape index (κ3) is 1.96. The maximum absolute atomic E-state index is 5.20. The summed E-state index contributed by atoms with van der Waals surface area (Å²) in [7, 11) is 1.70. The highest BCUT2D eigenvalue weighted by atomic mass is 16.5. The van der Waals surface area contributed by atoms with Gasteiger partial charge in [-0.3, -0.25) is 0 Å². The fourth-order valence-electron chi connectivity index (χ4n) is 1.65. The first-order valence-electron chi connectivity index (χ1n) is 4.87. The Bertz CT molecular complexity index is 344. The molecule has 0 unspecified atom stereocenters. The molecule has 2 rings (SSSR count). The second kappa shape index (κ2) is 4.29. The van der Waals surface area contributed by atoms with E-state index in [0.29, 0.717) is 0 Å². The molecule has 1 aliphatic rings. The van der Waals surface area contributed by atoms with Gasteiger partial charge in [0.15, 0.2) is 0 Å². The van der Waals surface area contributed by atoms with Gasteiger partial charge in [-0.2, -0.15) is 0 Å². The molecule has 2 nitrogen and oxygen atoms in total. The standard InChI is InChI=1S/C12H14NO/c1-14-12-4-2-3-11(9-12)10-5-7-13-8-6-10/h2-5,9H,6-8H2,1H3. The van der Waals surface area contributed by atoms with Crippen molar-refractivity contribution in [2.75, 3.05) is 20.2 Å². The van der Waals surface area contributed by atoms with E-state index in [1.165, 1.54) is 11.1 Å². The van der Waals surface area contributed by atoms with Crippen LogP contribution in [0.1, 0.15) is 12.0 Å². The summed E-state index contributed by atoms with van der Waals surface area (Å²) in [6.45, 7) is 1.80. The summed E-state index contributed by atoms with van der Waals surface area (Å²) in [4.78, 5) is 0. The fraction of sp³-hybridized carbons (Fsp3) is 0.333. The first-order chi connectivity index (χ1) is 6.90.